The molecule has 4 nitrogen and oxygen atoms in total. The second kappa shape index (κ2) is 11.7. The Kier molecular flexibility index (Phi) is 12.8. The molecule has 0 spiro atoms. The van der Waals surface area contributed by atoms with Crippen LogP contribution < -0.4 is 0 Å². The molecular weight excluding hydrogens is 223 g/mol. The zero-order valence-electron chi connectivity index (χ0n) is 7.22. The Bertz CT molecular complexity index is 195. The van der Waals surface area contributed by atoms with Gasteiger partial charge in [-0.15, -0.1) is 24.8 Å². The highest BCUT2D eigenvalue weighted by atomic mass is 35.5. The van der Waals surface area contributed by atoms with Crippen molar-refractivity contribution in [3.8, 4) is 0 Å². The van der Waals surface area contributed by atoms with Gasteiger partial charge < -0.3 is 0 Å². The third-order valence-electron chi connectivity index (χ3n) is 0.955. The molecule has 0 bridgehead atoms. The summed E-state index contributed by atoms with van der Waals surface area (Å²) in [6.45, 7) is 0. The first kappa shape index (κ1) is 15.2. The molecule has 2 rings (SSSR count). The summed E-state index contributed by atoms with van der Waals surface area (Å²) < 4.78 is 0. The largest absolute Gasteiger partial charge is 0.245 e. The van der Waals surface area contributed by atoms with Crippen LogP contribution >= 0.6 is 24.8 Å². The van der Waals surface area contributed by atoms with Gasteiger partial charge in [0.25, 0.3) is 0 Å². The van der Waals surface area contributed by atoms with Crippen molar-refractivity contribution in [3.63, 3.8) is 0 Å². The van der Waals surface area contributed by atoms with E-state index in [1.165, 1.54) is 12.7 Å². The topological polar surface area (TPSA) is 51.6 Å². The number of hydrogen-bond acceptors (Lipinski definition) is 4. The first-order valence-electron chi connectivity index (χ1n) is 3.40. The second-order valence-electron chi connectivity index (χ2n) is 1.81. The average molecular weight is 233 g/mol. The van der Waals surface area contributed by atoms with E-state index in [0.717, 1.165) is 0 Å². The number of halogens is 2. The normalized spacial score (nSPS) is 6.86. The monoisotopic (exact) mass is 232 g/mol. The van der Waals surface area contributed by atoms with Crippen LogP contribution in [0.25, 0.3) is 0 Å². The van der Waals surface area contributed by atoms with Crippen LogP contribution in [0.3, 0.4) is 0 Å². The molecule has 0 N–H and O–H groups in total. The fourth-order valence-electron chi connectivity index (χ4n) is 0.507. The van der Waals surface area contributed by atoms with Gasteiger partial charge in [0, 0.05) is 24.8 Å². The van der Waals surface area contributed by atoms with Crippen LogP contribution in [0, 0.1) is 0 Å². The number of nitrogens with zero attached hydrogens (tertiary/aromatic N) is 4. The predicted molar refractivity (Wildman–Crippen MR) is 58.6 cm³/mol. The summed E-state index contributed by atoms with van der Waals surface area (Å²) in [5.74, 6) is 0. The van der Waals surface area contributed by atoms with E-state index in [1.807, 2.05) is 0 Å². The van der Waals surface area contributed by atoms with Crippen molar-refractivity contribution in [3.05, 3.63) is 49.6 Å². The summed E-state index contributed by atoms with van der Waals surface area (Å²) in [4.78, 5) is 14.7. The number of hydrogen-bond donors (Lipinski definition) is 0. The highest BCUT2D eigenvalue weighted by Crippen LogP contribution is 1.67. The SMILES string of the molecule is Cl.Cl.c1cncnc1.c1cncnc1. The first-order chi connectivity index (χ1) is 6.00. The van der Waals surface area contributed by atoms with E-state index in [2.05, 4.69) is 19.9 Å². The lowest BCUT2D eigenvalue weighted by molar-refractivity contribution is 1.17. The van der Waals surface area contributed by atoms with Crippen molar-refractivity contribution < 1.29 is 0 Å². The molecule has 6 heteroatoms. The van der Waals surface area contributed by atoms with Gasteiger partial charge in [-0.1, -0.05) is 0 Å². The van der Waals surface area contributed by atoms with Gasteiger partial charge in [0.15, 0.2) is 0 Å². The Balaban J connectivity index is 0. The highest BCUT2D eigenvalue weighted by Gasteiger charge is 1.59. The van der Waals surface area contributed by atoms with Gasteiger partial charge in [-0.3, -0.25) is 0 Å². The smallest absolute Gasteiger partial charge is 0.115 e. The highest BCUT2D eigenvalue weighted by molar-refractivity contribution is 5.85. The zero-order chi connectivity index (χ0) is 8.49. The molecule has 0 saturated heterocycles. The van der Waals surface area contributed by atoms with E-state index in [4.69, 9.17) is 0 Å². The maximum Gasteiger partial charge on any atom is 0.115 e. The van der Waals surface area contributed by atoms with Gasteiger partial charge in [0.2, 0.25) is 0 Å². The molecule has 0 atom stereocenters. The Morgan fingerprint density at radius 2 is 0.786 bits per heavy atom. The fourth-order valence-corrected chi connectivity index (χ4v) is 0.507. The Labute approximate surface area is 94.7 Å². The maximum atomic E-state index is 3.67. The van der Waals surface area contributed by atoms with Crippen LogP contribution in [-0.2, 0) is 0 Å². The molecular formula is C8H10Cl2N4. The lowest BCUT2D eigenvalue weighted by atomic mass is 10.7. The molecule has 2 heterocycles. The van der Waals surface area contributed by atoms with E-state index < -0.39 is 0 Å². The van der Waals surface area contributed by atoms with Gasteiger partial charge >= 0.3 is 0 Å². The number of rotatable bonds is 0. The van der Waals surface area contributed by atoms with Crippen molar-refractivity contribution >= 4 is 24.8 Å². The zero-order valence-corrected chi connectivity index (χ0v) is 8.86. The minimum atomic E-state index is 0. The molecule has 2 aromatic rings. The lowest BCUT2D eigenvalue weighted by Crippen LogP contribution is -1.66. The van der Waals surface area contributed by atoms with Crippen molar-refractivity contribution in [2.24, 2.45) is 0 Å². The van der Waals surface area contributed by atoms with Crippen molar-refractivity contribution in [2.75, 3.05) is 0 Å². The van der Waals surface area contributed by atoms with E-state index in [0.29, 0.717) is 0 Å². The first-order valence-corrected chi connectivity index (χ1v) is 3.40. The molecule has 0 radical (unpaired) electrons. The molecule has 0 aliphatic heterocycles. The summed E-state index contributed by atoms with van der Waals surface area (Å²) >= 11 is 0. The lowest BCUT2D eigenvalue weighted by Gasteiger charge is -1.70. The summed E-state index contributed by atoms with van der Waals surface area (Å²) in [6, 6.07) is 3.56. The van der Waals surface area contributed by atoms with Crippen LogP contribution in [0.4, 0.5) is 0 Å². The molecule has 0 fully saturated rings. The molecule has 14 heavy (non-hydrogen) atoms. The summed E-state index contributed by atoms with van der Waals surface area (Å²) in [5, 5.41) is 0. The van der Waals surface area contributed by atoms with Crippen LogP contribution in [-0.4, -0.2) is 19.9 Å². The third kappa shape index (κ3) is 8.83. The summed E-state index contributed by atoms with van der Waals surface area (Å²) in [5.41, 5.74) is 0. The van der Waals surface area contributed by atoms with E-state index in [-0.39, 0.29) is 24.8 Å². The van der Waals surface area contributed by atoms with Gasteiger partial charge in [0.05, 0.1) is 0 Å². The molecule has 0 aliphatic carbocycles. The van der Waals surface area contributed by atoms with E-state index >= 15 is 0 Å². The molecule has 2 aromatic heterocycles. The Morgan fingerprint density at radius 3 is 0.857 bits per heavy atom. The van der Waals surface area contributed by atoms with Crippen molar-refractivity contribution in [1.29, 1.82) is 0 Å². The second-order valence-corrected chi connectivity index (χ2v) is 1.81. The van der Waals surface area contributed by atoms with Crippen LogP contribution in [0.1, 0.15) is 0 Å². The molecule has 0 unspecified atom stereocenters. The van der Waals surface area contributed by atoms with Gasteiger partial charge in [-0.2, -0.15) is 0 Å². The van der Waals surface area contributed by atoms with E-state index in [1.54, 1.807) is 36.9 Å². The fraction of sp³-hybridized carbons (Fsp3) is 0. The average Bonchev–Trinajstić information content (AvgIpc) is 2.24. The molecule has 76 valence electrons. The molecule has 0 saturated carbocycles. The summed E-state index contributed by atoms with van der Waals surface area (Å²) in [6.07, 6.45) is 9.75. The van der Waals surface area contributed by atoms with Crippen LogP contribution in [0.15, 0.2) is 49.6 Å². The van der Waals surface area contributed by atoms with Gasteiger partial charge in [0.1, 0.15) is 12.7 Å². The summed E-state index contributed by atoms with van der Waals surface area (Å²) in [7, 11) is 0. The van der Waals surface area contributed by atoms with Crippen molar-refractivity contribution in [1.82, 2.24) is 19.9 Å². The third-order valence-corrected chi connectivity index (χ3v) is 0.955. The molecule has 0 aromatic carbocycles. The maximum absolute atomic E-state index is 3.67. The molecule has 0 aliphatic rings. The van der Waals surface area contributed by atoms with Crippen LogP contribution in [0.2, 0.25) is 0 Å². The quantitative estimate of drug-likeness (QED) is 0.696. The van der Waals surface area contributed by atoms with Gasteiger partial charge in [-0.25, -0.2) is 19.9 Å². The number of aromatic nitrogens is 4. The van der Waals surface area contributed by atoms with Crippen LogP contribution in [0.5, 0.6) is 0 Å². The van der Waals surface area contributed by atoms with Gasteiger partial charge in [-0.05, 0) is 12.1 Å². The Morgan fingerprint density at radius 1 is 0.500 bits per heavy atom. The predicted octanol–water partition coefficient (Wildman–Crippen LogP) is 1.80. The standard InChI is InChI=1S/2C4H4N2.2ClH/c2*1-2-5-4-6-3-1;;/h2*1-4H;2*1H. The van der Waals surface area contributed by atoms with Crippen molar-refractivity contribution in [2.45, 2.75) is 0 Å². The minimum Gasteiger partial charge on any atom is -0.245 e. The minimum absolute atomic E-state index is 0. The van der Waals surface area contributed by atoms with E-state index in [9.17, 15) is 0 Å². The molecule has 0 amide bonds. The Hall–Kier alpha value is -1.26.